The summed E-state index contributed by atoms with van der Waals surface area (Å²) >= 11 is 0. The van der Waals surface area contributed by atoms with Gasteiger partial charge in [-0.3, -0.25) is 14.5 Å². The Morgan fingerprint density at radius 3 is 3.00 bits per heavy atom. The molecule has 2 fully saturated rings. The minimum atomic E-state index is -0.686. The first-order valence-corrected chi connectivity index (χ1v) is 8.46. The first kappa shape index (κ1) is 16.9. The van der Waals surface area contributed by atoms with Crippen molar-refractivity contribution < 1.29 is 19.4 Å². The lowest BCUT2D eigenvalue weighted by atomic mass is 9.94. The summed E-state index contributed by atoms with van der Waals surface area (Å²) in [4.78, 5) is 25.7. The van der Waals surface area contributed by atoms with Gasteiger partial charge in [-0.05, 0) is 44.9 Å². The predicted molar refractivity (Wildman–Crippen MR) is 89.1 cm³/mol. The second kappa shape index (κ2) is 6.91. The summed E-state index contributed by atoms with van der Waals surface area (Å²) < 4.78 is 5.62. The molecule has 0 radical (unpaired) electrons. The van der Waals surface area contributed by atoms with Crippen LogP contribution in [-0.4, -0.2) is 59.6 Å². The van der Waals surface area contributed by atoms with E-state index in [1.54, 1.807) is 24.3 Å². The maximum absolute atomic E-state index is 12.2. The number of aliphatic hydroxyl groups excluding tert-OH is 1. The molecule has 2 aliphatic heterocycles. The van der Waals surface area contributed by atoms with Crippen LogP contribution >= 0.6 is 0 Å². The smallest absolute Gasteiger partial charge is 0.240 e. The Morgan fingerprint density at radius 2 is 2.29 bits per heavy atom. The summed E-state index contributed by atoms with van der Waals surface area (Å²) in [5.41, 5.74) is 0.151. The number of hydrogen-bond donors (Lipinski definition) is 2. The highest BCUT2D eigenvalue weighted by atomic mass is 16.5. The Bertz CT molecular complexity index is 629. The number of nitrogens with zero attached hydrogens (tertiary/aromatic N) is 1. The van der Waals surface area contributed by atoms with E-state index in [9.17, 15) is 14.7 Å². The molecule has 2 heterocycles. The van der Waals surface area contributed by atoms with Crippen molar-refractivity contribution in [2.45, 2.75) is 37.8 Å². The zero-order valence-corrected chi connectivity index (χ0v) is 14.0. The second-order valence-corrected chi connectivity index (χ2v) is 6.64. The molecule has 2 N–H and O–H groups in total. The normalized spacial score (nSPS) is 25.0. The molecule has 2 atom stereocenters. The second-order valence-electron chi connectivity index (χ2n) is 6.64. The molecule has 2 unspecified atom stereocenters. The Balaban J connectivity index is 1.56. The summed E-state index contributed by atoms with van der Waals surface area (Å²) in [6.07, 6.45) is 1.95. The van der Waals surface area contributed by atoms with Gasteiger partial charge in [-0.25, -0.2) is 0 Å². The molecule has 1 aromatic rings. The number of rotatable bonds is 6. The van der Waals surface area contributed by atoms with E-state index in [0.29, 0.717) is 24.4 Å². The third kappa shape index (κ3) is 3.30. The van der Waals surface area contributed by atoms with Crippen LogP contribution in [0.5, 0.6) is 5.75 Å². The van der Waals surface area contributed by atoms with Gasteiger partial charge >= 0.3 is 0 Å². The van der Waals surface area contributed by atoms with Gasteiger partial charge in [-0.2, -0.15) is 0 Å². The molecule has 1 amide bonds. The number of likely N-dealkylation sites (tertiary alicyclic amines) is 1. The van der Waals surface area contributed by atoms with Gasteiger partial charge in [0, 0.05) is 18.7 Å². The van der Waals surface area contributed by atoms with Crippen LogP contribution in [0.4, 0.5) is 0 Å². The number of amides is 1. The van der Waals surface area contributed by atoms with Crippen LogP contribution in [0.25, 0.3) is 0 Å². The van der Waals surface area contributed by atoms with Crippen molar-refractivity contribution in [3.8, 4) is 5.75 Å². The molecule has 1 spiro atoms. The third-order valence-corrected chi connectivity index (χ3v) is 4.98. The quantitative estimate of drug-likeness (QED) is 0.760. The number of ether oxygens (including phenoxy) is 1. The average molecular weight is 332 g/mol. The van der Waals surface area contributed by atoms with Gasteiger partial charge in [0.2, 0.25) is 5.91 Å². The highest BCUT2D eigenvalue weighted by molar-refractivity contribution is 5.94. The summed E-state index contributed by atoms with van der Waals surface area (Å²) in [7, 11) is 0. The Kier molecular flexibility index (Phi) is 4.87. The molecule has 0 bridgehead atoms. The number of benzene rings is 1. The summed E-state index contributed by atoms with van der Waals surface area (Å²) in [6, 6.07) is 6.94. The summed E-state index contributed by atoms with van der Waals surface area (Å²) in [5, 5.41) is 13.2. The van der Waals surface area contributed by atoms with E-state index in [-0.39, 0.29) is 18.3 Å². The van der Waals surface area contributed by atoms with Gasteiger partial charge in [-0.15, -0.1) is 0 Å². The fraction of sp³-hybridized carbons (Fsp3) is 0.556. The van der Waals surface area contributed by atoms with E-state index in [4.69, 9.17) is 4.74 Å². The minimum Gasteiger partial charge on any atom is -0.491 e. The highest BCUT2D eigenvalue weighted by Crippen LogP contribution is 2.35. The van der Waals surface area contributed by atoms with Crippen molar-refractivity contribution >= 4 is 11.7 Å². The van der Waals surface area contributed by atoms with Gasteiger partial charge in [0.25, 0.3) is 0 Å². The van der Waals surface area contributed by atoms with Crippen LogP contribution in [0.2, 0.25) is 0 Å². The molecule has 0 aliphatic carbocycles. The zero-order chi connectivity index (χ0) is 17.2. The van der Waals surface area contributed by atoms with E-state index in [2.05, 4.69) is 10.2 Å². The van der Waals surface area contributed by atoms with E-state index in [0.717, 1.165) is 25.8 Å². The largest absolute Gasteiger partial charge is 0.491 e. The van der Waals surface area contributed by atoms with Crippen LogP contribution in [0.15, 0.2) is 24.3 Å². The van der Waals surface area contributed by atoms with Crippen molar-refractivity contribution in [3.05, 3.63) is 29.8 Å². The van der Waals surface area contributed by atoms with E-state index in [1.807, 2.05) is 0 Å². The molecule has 0 aromatic heterocycles. The van der Waals surface area contributed by atoms with Crippen LogP contribution in [-0.2, 0) is 4.79 Å². The third-order valence-electron chi connectivity index (χ3n) is 4.98. The first-order valence-electron chi connectivity index (χ1n) is 8.46. The Hall–Kier alpha value is -1.92. The molecule has 130 valence electrons. The lowest BCUT2D eigenvalue weighted by Crippen LogP contribution is -2.52. The zero-order valence-electron chi connectivity index (χ0n) is 14.0. The monoisotopic (exact) mass is 332 g/mol. The Labute approximate surface area is 141 Å². The lowest BCUT2D eigenvalue weighted by Gasteiger charge is -2.33. The fourth-order valence-electron chi connectivity index (χ4n) is 3.71. The molecule has 1 aromatic carbocycles. The number of Topliss-reactive ketones (excluding diaryl/α,β-unsaturated/α-hetero) is 1. The van der Waals surface area contributed by atoms with Gasteiger partial charge in [0.1, 0.15) is 24.0 Å². The molecular formula is C18H24N2O4. The maximum Gasteiger partial charge on any atom is 0.240 e. The van der Waals surface area contributed by atoms with Crippen LogP contribution in [0, 0.1) is 0 Å². The first-order chi connectivity index (χ1) is 11.5. The Morgan fingerprint density at radius 1 is 1.46 bits per heavy atom. The predicted octanol–water partition coefficient (Wildman–Crippen LogP) is 0.983. The van der Waals surface area contributed by atoms with Gasteiger partial charge in [0.15, 0.2) is 5.78 Å². The average Bonchev–Trinajstić information content (AvgIpc) is 3.14. The number of hydrogen-bond acceptors (Lipinski definition) is 5. The van der Waals surface area contributed by atoms with Crippen molar-refractivity contribution in [1.82, 2.24) is 10.2 Å². The molecule has 2 aliphatic rings. The number of aliphatic hydroxyl groups is 1. The minimum absolute atomic E-state index is 0.0211. The number of β-amino-alcohol motifs (C(OH)–C–C–N with tert-alkyl or cyclic N) is 1. The van der Waals surface area contributed by atoms with E-state index in [1.165, 1.54) is 6.92 Å². The van der Waals surface area contributed by atoms with Crippen molar-refractivity contribution in [3.63, 3.8) is 0 Å². The molecule has 2 saturated heterocycles. The number of carbonyl (C=O) groups excluding carboxylic acids is 2. The molecule has 3 rings (SSSR count). The molecular weight excluding hydrogens is 308 g/mol. The topological polar surface area (TPSA) is 78.9 Å². The standard InChI is InChI=1S/C18H24N2O4/c1-13(21)14-4-2-5-16(10-14)24-12-15(22)11-20-9-3-6-18(20)7-8-19-17(18)23/h2,4-5,10,15,22H,3,6-9,11-12H2,1H3,(H,19,23). The number of carbonyl (C=O) groups is 2. The van der Waals surface area contributed by atoms with E-state index < -0.39 is 11.6 Å². The van der Waals surface area contributed by atoms with Crippen molar-refractivity contribution in [2.75, 3.05) is 26.2 Å². The molecule has 0 saturated carbocycles. The fourth-order valence-corrected chi connectivity index (χ4v) is 3.71. The van der Waals surface area contributed by atoms with Gasteiger partial charge < -0.3 is 15.2 Å². The van der Waals surface area contributed by atoms with Crippen molar-refractivity contribution in [1.29, 1.82) is 0 Å². The maximum atomic E-state index is 12.2. The molecule has 6 nitrogen and oxygen atoms in total. The number of nitrogens with one attached hydrogen (secondary N) is 1. The van der Waals surface area contributed by atoms with Crippen LogP contribution in [0.3, 0.4) is 0 Å². The SMILES string of the molecule is CC(=O)c1cccc(OCC(O)CN2CCCC23CCNC3=O)c1. The van der Waals surface area contributed by atoms with E-state index >= 15 is 0 Å². The molecule has 24 heavy (non-hydrogen) atoms. The lowest BCUT2D eigenvalue weighted by molar-refractivity contribution is -0.129. The highest BCUT2D eigenvalue weighted by Gasteiger charge is 2.50. The summed E-state index contributed by atoms with van der Waals surface area (Å²) in [5.74, 6) is 0.631. The molecule has 6 heteroatoms. The van der Waals surface area contributed by atoms with Gasteiger partial charge in [0.05, 0.1) is 0 Å². The summed E-state index contributed by atoms with van der Waals surface area (Å²) in [6.45, 7) is 3.59. The van der Waals surface area contributed by atoms with Crippen molar-refractivity contribution in [2.24, 2.45) is 0 Å². The van der Waals surface area contributed by atoms with Gasteiger partial charge in [-0.1, -0.05) is 12.1 Å². The number of ketones is 1. The van der Waals surface area contributed by atoms with Crippen LogP contribution in [0.1, 0.15) is 36.5 Å². The van der Waals surface area contributed by atoms with Crippen LogP contribution < -0.4 is 10.1 Å².